The molecule has 0 saturated heterocycles. The second-order valence-corrected chi connectivity index (χ2v) is 17.1. The Morgan fingerprint density at radius 3 is 1.49 bits per heavy atom. The molecular formula is C54H47N9O5S. The van der Waals surface area contributed by atoms with Crippen LogP contribution in [-0.4, -0.2) is 74.2 Å². The molecule has 14 nitrogen and oxygen atoms in total. The summed E-state index contributed by atoms with van der Waals surface area (Å²) >= 11 is 1.51. The van der Waals surface area contributed by atoms with Gasteiger partial charge in [0.25, 0.3) is 0 Å². The van der Waals surface area contributed by atoms with Crippen LogP contribution >= 0.6 is 11.3 Å². The third-order valence-corrected chi connectivity index (χ3v) is 12.6. The molecule has 0 bridgehead atoms. The van der Waals surface area contributed by atoms with Gasteiger partial charge in [-0.15, -0.1) is 11.3 Å². The first kappa shape index (κ1) is 44.9. The fourth-order valence-corrected chi connectivity index (χ4v) is 9.09. The normalized spacial score (nSPS) is 14.2. The lowest BCUT2D eigenvalue weighted by Gasteiger charge is -2.20. The van der Waals surface area contributed by atoms with Gasteiger partial charge in [-0.3, -0.25) is 19.0 Å². The molecule has 6 heterocycles. The zero-order valence-electron chi connectivity index (χ0n) is 37.4. The zero-order valence-corrected chi connectivity index (χ0v) is 38.2. The van der Waals surface area contributed by atoms with Gasteiger partial charge in [-0.25, -0.2) is 9.97 Å². The average Bonchev–Trinajstić information content (AvgIpc) is 4.29. The number of ether oxygens (including phenoxy) is 1. The van der Waals surface area contributed by atoms with Crippen molar-refractivity contribution >= 4 is 50.3 Å². The minimum atomic E-state index is -0.943. The predicted molar refractivity (Wildman–Crippen MR) is 267 cm³/mol. The van der Waals surface area contributed by atoms with Gasteiger partial charge in [0.1, 0.15) is 35.1 Å². The Bertz CT molecular complexity index is 3320. The largest absolute Gasteiger partial charge is 0.443 e. The van der Waals surface area contributed by atoms with Crippen molar-refractivity contribution in [2.75, 3.05) is 13.3 Å². The monoisotopic (exact) mass is 933 g/mol. The summed E-state index contributed by atoms with van der Waals surface area (Å²) in [5.74, 6) is 0.428. The molecule has 1 aliphatic rings. The standard InChI is InChI=1S/C18H17N3O2.C18H15N3O2.C18H15N3OS/c22-12-18(11-19-13-23-18)17-15-8-4-5-9-16(15)21(20-17)10-14-6-2-1-3-7-14;2*22-11-14-12-23-18(19-14)17-15-8-4-5-9-16(15)21(20-17)10-13-6-2-1-3-7-13/h1-9,11,22H,10,12-13H2;2*1-9,12,22H,10-11H2. The number of hydrogen-bond donors (Lipinski definition) is 3. The van der Waals surface area contributed by atoms with Crippen LogP contribution in [0.15, 0.2) is 185 Å². The van der Waals surface area contributed by atoms with E-state index < -0.39 is 5.60 Å². The van der Waals surface area contributed by atoms with E-state index in [0.717, 1.165) is 50.0 Å². The highest BCUT2D eigenvalue weighted by atomic mass is 32.1. The SMILES string of the molecule is OCC1(c2nn(Cc3ccccc3)c3ccccc23)C=NCO1.OCc1coc(-c2nn(Cc3ccccc3)c3ccccc23)n1.OCc1csc(-c2nn(Cc3ccccc3)c3ccccc23)n1. The van der Waals surface area contributed by atoms with Crippen LogP contribution < -0.4 is 0 Å². The van der Waals surface area contributed by atoms with Crippen LogP contribution in [0.1, 0.15) is 33.8 Å². The molecule has 344 valence electrons. The van der Waals surface area contributed by atoms with E-state index in [9.17, 15) is 10.2 Å². The summed E-state index contributed by atoms with van der Waals surface area (Å²) in [4.78, 5) is 12.9. The van der Waals surface area contributed by atoms with Crippen molar-refractivity contribution in [2.24, 2.45) is 4.99 Å². The Morgan fingerprint density at radius 2 is 1.00 bits per heavy atom. The highest BCUT2D eigenvalue weighted by Gasteiger charge is 2.38. The molecule has 0 fully saturated rings. The maximum absolute atomic E-state index is 9.86. The molecule has 15 heteroatoms. The number of nitrogens with zero attached hydrogens (tertiary/aromatic N) is 9. The molecule has 0 aliphatic carbocycles. The van der Waals surface area contributed by atoms with Gasteiger partial charge in [0.05, 0.1) is 61.7 Å². The van der Waals surface area contributed by atoms with E-state index in [1.54, 1.807) is 6.21 Å². The Morgan fingerprint density at radius 1 is 0.522 bits per heavy atom. The Hall–Kier alpha value is -7.92. The minimum absolute atomic E-state index is 0.0425. The lowest BCUT2D eigenvalue weighted by molar-refractivity contribution is -0.0135. The van der Waals surface area contributed by atoms with Gasteiger partial charge in [-0.05, 0) is 34.9 Å². The molecule has 3 N–H and O–H groups in total. The Balaban J connectivity index is 0.000000120. The summed E-state index contributed by atoms with van der Waals surface area (Å²) < 4.78 is 17.1. The molecule has 12 rings (SSSR count). The first-order valence-electron chi connectivity index (χ1n) is 22.4. The fraction of sp³-hybridized carbons (Fsp3) is 0.148. The van der Waals surface area contributed by atoms with Crippen LogP contribution in [0.4, 0.5) is 0 Å². The minimum Gasteiger partial charge on any atom is -0.443 e. The van der Waals surface area contributed by atoms with Crippen LogP contribution in [0.2, 0.25) is 0 Å². The van der Waals surface area contributed by atoms with E-state index in [1.807, 2.05) is 135 Å². The van der Waals surface area contributed by atoms with Crippen LogP contribution in [0.5, 0.6) is 0 Å². The number of aliphatic hydroxyl groups excluding tert-OH is 3. The van der Waals surface area contributed by atoms with E-state index in [1.165, 1.54) is 34.3 Å². The van der Waals surface area contributed by atoms with E-state index in [0.29, 0.717) is 41.8 Å². The van der Waals surface area contributed by atoms with Crippen molar-refractivity contribution in [1.29, 1.82) is 0 Å². The number of oxazole rings is 1. The number of thiazole rings is 1. The molecule has 0 amide bonds. The molecule has 0 saturated carbocycles. The molecule has 69 heavy (non-hydrogen) atoms. The van der Waals surface area contributed by atoms with E-state index in [4.69, 9.17) is 24.5 Å². The van der Waals surface area contributed by atoms with Gasteiger partial charge in [0.2, 0.25) is 5.89 Å². The molecule has 0 radical (unpaired) electrons. The number of hydrogen-bond acceptors (Lipinski definition) is 12. The van der Waals surface area contributed by atoms with Crippen LogP contribution in [0.3, 0.4) is 0 Å². The van der Waals surface area contributed by atoms with E-state index in [-0.39, 0.29) is 26.6 Å². The highest BCUT2D eigenvalue weighted by molar-refractivity contribution is 7.13. The fourth-order valence-electron chi connectivity index (χ4n) is 8.28. The summed E-state index contributed by atoms with van der Waals surface area (Å²) in [6.45, 7) is 1.95. The highest BCUT2D eigenvalue weighted by Crippen LogP contribution is 2.34. The summed E-state index contributed by atoms with van der Waals surface area (Å²) in [5, 5.41) is 48.2. The van der Waals surface area contributed by atoms with Gasteiger partial charge >= 0.3 is 0 Å². The third-order valence-electron chi connectivity index (χ3n) is 11.7. The van der Waals surface area contributed by atoms with Gasteiger partial charge in [0.15, 0.2) is 11.3 Å². The van der Waals surface area contributed by atoms with Gasteiger partial charge in [-0.2, -0.15) is 15.3 Å². The van der Waals surface area contributed by atoms with Crippen molar-refractivity contribution < 1.29 is 24.5 Å². The summed E-state index contributed by atoms with van der Waals surface area (Å²) in [7, 11) is 0. The molecular weight excluding hydrogens is 887 g/mol. The number of para-hydroxylation sites is 3. The molecule has 1 aliphatic heterocycles. The lowest BCUT2D eigenvalue weighted by Crippen LogP contribution is -2.33. The van der Waals surface area contributed by atoms with Crippen LogP contribution in [0, 0.1) is 0 Å². The summed E-state index contributed by atoms with van der Waals surface area (Å²) in [5.41, 5.74) is 9.22. The van der Waals surface area contributed by atoms with Crippen molar-refractivity contribution in [3.63, 3.8) is 0 Å². The number of aliphatic imine (C=N–C) groups is 1. The summed E-state index contributed by atoms with van der Waals surface area (Å²) in [6.07, 6.45) is 3.12. The van der Waals surface area contributed by atoms with E-state index >= 15 is 0 Å². The van der Waals surface area contributed by atoms with Crippen molar-refractivity contribution in [2.45, 2.75) is 38.4 Å². The predicted octanol–water partition coefficient (Wildman–Crippen LogP) is 9.26. The van der Waals surface area contributed by atoms with Crippen molar-refractivity contribution in [3.05, 3.63) is 209 Å². The second-order valence-electron chi connectivity index (χ2n) is 16.3. The number of aromatic nitrogens is 8. The van der Waals surface area contributed by atoms with Crippen molar-refractivity contribution in [1.82, 2.24) is 39.3 Å². The Labute approximate surface area is 400 Å². The van der Waals surface area contributed by atoms with E-state index in [2.05, 4.69) is 68.6 Å². The number of aliphatic hydroxyl groups is 3. The van der Waals surface area contributed by atoms with Gasteiger partial charge in [0, 0.05) is 27.8 Å². The lowest BCUT2D eigenvalue weighted by atomic mass is 9.99. The van der Waals surface area contributed by atoms with Crippen LogP contribution in [0.25, 0.3) is 55.0 Å². The first-order chi connectivity index (χ1) is 34.0. The smallest absolute Gasteiger partial charge is 0.247 e. The topological polar surface area (TPSA) is 175 Å². The molecule has 1 atom stereocenters. The Kier molecular flexibility index (Phi) is 13.4. The number of benzene rings is 6. The third kappa shape index (κ3) is 9.63. The van der Waals surface area contributed by atoms with Crippen LogP contribution in [-0.2, 0) is 43.2 Å². The average molecular weight is 934 g/mol. The second kappa shape index (κ2) is 20.5. The number of rotatable bonds is 12. The van der Waals surface area contributed by atoms with Gasteiger partial charge in [-0.1, -0.05) is 146 Å². The molecule has 6 aromatic carbocycles. The number of fused-ring (bicyclic) bond motifs is 3. The molecule has 0 spiro atoms. The first-order valence-corrected chi connectivity index (χ1v) is 23.3. The van der Waals surface area contributed by atoms with Gasteiger partial charge < -0.3 is 24.5 Å². The summed E-state index contributed by atoms with van der Waals surface area (Å²) in [6, 6.07) is 54.8. The maximum Gasteiger partial charge on any atom is 0.247 e. The molecule has 11 aromatic rings. The quantitative estimate of drug-likeness (QED) is 0.107. The van der Waals surface area contributed by atoms with Crippen molar-refractivity contribution in [3.8, 4) is 22.3 Å². The molecule has 5 aromatic heterocycles. The molecule has 1 unspecified atom stereocenters. The zero-order chi connectivity index (χ0) is 47.0. The maximum atomic E-state index is 9.86.